The minimum atomic E-state index is -4.33. The topological polar surface area (TPSA) is 63.6 Å². The Morgan fingerprint density at radius 2 is 1.79 bits per heavy atom. The molecule has 1 unspecified atom stereocenters. The smallest absolute Gasteiger partial charge is 0.264 e. The third-order valence-electron chi connectivity index (χ3n) is 8.60. The minimum Gasteiger partial charge on any atom is -0.264 e. The molecule has 4 rings (SSSR count). The average molecular weight is 357 g/mol. The van der Waals surface area contributed by atoms with Crippen molar-refractivity contribution in [2.45, 2.75) is 77.6 Å². The van der Waals surface area contributed by atoms with E-state index >= 15 is 0 Å². The first kappa shape index (κ1) is 17.3. The molecule has 24 heavy (non-hydrogen) atoms. The fourth-order valence-corrected chi connectivity index (χ4v) is 7.92. The van der Waals surface area contributed by atoms with Crippen LogP contribution in [0.25, 0.3) is 0 Å². The van der Waals surface area contributed by atoms with E-state index in [4.69, 9.17) is 8.74 Å². The van der Waals surface area contributed by atoms with Gasteiger partial charge in [0.05, 0.1) is 6.61 Å². The van der Waals surface area contributed by atoms with Crippen LogP contribution < -0.4 is 0 Å². The Morgan fingerprint density at radius 1 is 0.958 bits per heavy atom. The van der Waals surface area contributed by atoms with E-state index in [-0.39, 0.29) is 12.0 Å². The second-order valence-electron chi connectivity index (χ2n) is 9.39. The summed E-state index contributed by atoms with van der Waals surface area (Å²) in [7, 11) is -4.33. The number of hydrogen-bond acceptors (Lipinski definition) is 3. The third kappa shape index (κ3) is 2.75. The summed E-state index contributed by atoms with van der Waals surface area (Å²) in [5.41, 5.74) is 0.509. The largest absolute Gasteiger partial charge is 0.397 e. The van der Waals surface area contributed by atoms with E-state index < -0.39 is 10.4 Å². The van der Waals surface area contributed by atoms with E-state index in [0.29, 0.717) is 11.3 Å². The van der Waals surface area contributed by atoms with Gasteiger partial charge in [-0.05, 0) is 85.9 Å². The van der Waals surface area contributed by atoms with Crippen LogP contribution in [0.4, 0.5) is 0 Å². The maximum absolute atomic E-state index is 11.1. The van der Waals surface area contributed by atoms with E-state index in [0.717, 1.165) is 30.6 Å². The van der Waals surface area contributed by atoms with Crippen LogP contribution in [0.15, 0.2) is 0 Å². The molecule has 4 fully saturated rings. The van der Waals surface area contributed by atoms with Crippen molar-refractivity contribution in [1.82, 2.24) is 0 Å². The highest BCUT2D eigenvalue weighted by atomic mass is 32.3. The molecule has 6 atom stereocenters. The van der Waals surface area contributed by atoms with Crippen molar-refractivity contribution in [3.63, 3.8) is 0 Å². The molecule has 0 spiro atoms. The Kier molecular flexibility index (Phi) is 4.29. The molecule has 0 aromatic carbocycles. The molecule has 0 saturated heterocycles. The van der Waals surface area contributed by atoms with E-state index in [1.54, 1.807) is 0 Å². The standard InChI is InChI=1S/C19H32O4S/c1-18-10-3-2-5-14(18)7-8-15-16(18)9-12-19(11-4-6-17(15)19)13-23-24(20,21)22/h14-17H,2-13H2,1H3,(H,20,21,22)/t14?,15-,16+,17+,18+,19+/m1/s1. The zero-order valence-electron chi connectivity index (χ0n) is 14.9. The molecule has 4 nitrogen and oxygen atoms in total. The van der Waals surface area contributed by atoms with Crippen LogP contribution in [0.5, 0.6) is 0 Å². The van der Waals surface area contributed by atoms with Gasteiger partial charge < -0.3 is 0 Å². The molecule has 4 aliphatic carbocycles. The zero-order chi connectivity index (χ0) is 17.0. The van der Waals surface area contributed by atoms with E-state index in [2.05, 4.69) is 6.92 Å². The Labute approximate surface area is 146 Å². The lowest BCUT2D eigenvalue weighted by Gasteiger charge is -2.60. The van der Waals surface area contributed by atoms with Crippen LogP contribution in [0.3, 0.4) is 0 Å². The fraction of sp³-hybridized carbons (Fsp3) is 1.00. The van der Waals surface area contributed by atoms with Crippen molar-refractivity contribution >= 4 is 10.4 Å². The van der Waals surface area contributed by atoms with Crippen LogP contribution in [-0.4, -0.2) is 19.6 Å². The summed E-state index contributed by atoms with van der Waals surface area (Å²) in [6.45, 7) is 2.75. The zero-order valence-corrected chi connectivity index (χ0v) is 15.7. The van der Waals surface area contributed by atoms with Crippen LogP contribution in [-0.2, 0) is 14.6 Å². The monoisotopic (exact) mass is 356 g/mol. The van der Waals surface area contributed by atoms with Crippen molar-refractivity contribution in [1.29, 1.82) is 0 Å². The Balaban J connectivity index is 1.57. The third-order valence-corrected chi connectivity index (χ3v) is 9.02. The molecular formula is C19H32O4S. The molecule has 1 N–H and O–H groups in total. The Bertz CT molecular complexity index is 588. The number of fused-ring (bicyclic) bond motifs is 5. The van der Waals surface area contributed by atoms with Crippen LogP contribution >= 0.6 is 0 Å². The second kappa shape index (κ2) is 5.95. The van der Waals surface area contributed by atoms with Crippen LogP contribution in [0.1, 0.15) is 77.6 Å². The molecule has 0 aromatic rings. The highest BCUT2D eigenvalue weighted by Gasteiger charge is 2.58. The van der Waals surface area contributed by atoms with E-state index in [9.17, 15) is 8.42 Å². The molecule has 4 saturated carbocycles. The van der Waals surface area contributed by atoms with Crippen molar-refractivity contribution in [3.05, 3.63) is 0 Å². The molecule has 0 heterocycles. The first-order chi connectivity index (χ1) is 11.3. The molecule has 0 amide bonds. The number of hydrogen-bond donors (Lipinski definition) is 1. The van der Waals surface area contributed by atoms with Gasteiger partial charge in [-0.3, -0.25) is 4.55 Å². The van der Waals surface area contributed by atoms with Gasteiger partial charge in [-0.1, -0.05) is 26.2 Å². The molecule has 0 radical (unpaired) electrons. The quantitative estimate of drug-likeness (QED) is 0.750. The van der Waals surface area contributed by atoms with Gasteiger partial charge in [0.25, 0.3) is 0 Å². The molecule has 0 bridgehead atoms. The summed E-state index contributed by atoms with van der Waals surface area (Å²) in [6, 6.07) is 0. The lowest BCUT2D eigenvalue weighted by atomic mass is 9.45. The Morgan fingerprint density at radius 3 is 2.58 bits per heavy atom. The van der Waals surface area contributed by atoms with Crippen molar-refractivity contribution < 1.29 is 17.2 Å². The van der Waals surface area contributed by atoms with Gasteiger partial charge in [0, 0.05) is 0 Å². The van der Waals surface area contributed by atoms with Crippen molar-refractivity contribution in [3.8, 4) is 0 Å². The van der Waals surface area contributed by atoms with Crippen molar-refractivity contribution in [2.24, 2.45) is 34.5 Å². The average Bonchev–Trinajstić information content (AvgIpc) is 2.96. The van der Waals surface area contributed by atoms with Crippen LogP contribution in [0.2, 0.25) is 0 Å². The second-order valence-corrected chi connectivity index (χ2v) is 10.5. The maximum atomic E-state index is 11.1. The summed E-state index contributed by atoms with van der Waals surface area (Å²) in [4.78, 5) is 0. The normalized spacial score (nSPS) is 48.4. The summed E-state index contributed by atoms with van der Waals surface area (Å²) in [6.07, 6.45) is 14.1. The SMILES string of the molecule is C[C@]12CCCCC1CC[C@H]1[C@@H]3CCC[C@@]3(COS(=O)(=O)O)CC[C@@H]12. The summed E-state index contributed by atoms with van der Waals surface area (Å²) < 4.78 is 36.2. The number of rotatable bonds is 3. The molecule has 0 aliphatic heterocycles. The molecule has 0 aromatic heterocycles. The fourth-order valence-electron chi connectivity index (χ4n) is 7.53. The molecule has 5 heteroatoms. The summed E-state index contributed by atoms with van der Waals surface area (Å²) in [5, 5.41) is 0. The summed E-state index contributed by atoms with van der Waals surface area (Å²) in [5.74, 6) is 3.07. The molecule has 4 aliphatic rings. The van der Waals surface area contributed by atoms with Gasteiger partial charge in [0.15, 0.2) is 0 Å². The van der Waals surface area contributed by atoms with Crippen LogP contribution in [0, 0.1) is 34.5 Å². The first-order valence-corrected chi connectivity index (χ1v) is 11.3. The van der Waals surface area contributed by atoms with Gasteiger partial charge in [-0.15, -0.1) is 0 Å². The first-order valence-electron chi connectivity index (χ1n) is 9.96. The van der Waals surface area contributed by atoms with Crippen molar-refractivity contribution in [2.75, 3.05) is 6.61 Å². The van der Waals surface area contributed by atoms with Gasteiger partial charge in [0.1, 0.15) is 0 Å². The predicted octanol–water partition coefficient (Wildman–Crippen LogP) is 4.61. The van der Waals surface area contributed by atoms with Gasteiger partial charge in [-0.25, -0.2) is 4.18 Å². The molecule has 138 valence electrons. The minimum absolute atomic E-state index is 0.00513. The lowest BCUT2D eigenvalue weighted by Crippen LogP contribution is -2.53. The van der Waals surface area contributed by atoms with Gasteiger partial charge in [0.2, 0.25) is 0 Å². The van der Waals surface area contributed by atoms with E-state index in [1.807, 2.05) is 0 Å². The lowest BCUT2D eigenvalue weighted by molar-refractivity contribution is -0.115. The summed E-state index contributed by atoms with van der Waals surface area (Å²) >= 11 is 0. The van der Waals surface area contributed by atoms with E-state index in [1.165, 1.54) is 57.8 Å². The predicted molar refractivity (Wildman–Crippen MR) is 92.8 cm³/mol. The Hall–Kier alpha value is -0.130. The highest BCUT2D eigenvalue weighted by Crippen LogP contribution is 2.66. The maximum Gasteiger partial charge on any atom is 0.397 e. The highest BCUT2D eigenvalue weighted by molar-refractivity contribution is 7.80. The molecular weight excluding hydrogens is 324 g/mol. The van der Waals surface area contributed by atoms with Gasteiger partial charge >= 0.3 is 10.4 Å². The van der Waals surface area contributed by atoms with Gasteiger partial charge in [-0.2, -0.15) is 8.42 Å².